The Bertz CT molecular complexity index is 725. The van der Waals surface area contributed by atoms with Crippen LogP contribution in [0.25, 0.3) is 0 Å². The monoisotopic (exact) mass is 294 g/mol. The maximum absolute atomic E-state index is 12.5. The van der Waals surface area contributed by atoms with Crippen LogP contribution in [-0.2, 0) is 16.0 Å². The predicted octanol–water partition coefficient (Wildman–Crippen LogP) is 2.91. The largest absolute Gasteiger partial charge is 0.318 e. The first-order valence-corrected chi connectivity index (χ1v) is 7.42. The molecule has 0 radical (unpaired) electrons. The molecule has 22 heavy (non-hydrogen) atoms. The van der Waals surface area contributed by atoms with E-state index in [0.717, 1.165) is 29.7 Å². The minimum atomic E-state index is -0.595. The quantitative estimate of drug-likeness (QED) is 0.822. The molecule has 2 aromatic carbocycles. The molecule has 1 heterocycles. The van der Waals surface area contributed by atoms with Crippen LogP contribution >= 0.6 is 0 Å². The summed E-state index contributed by atoms with van der Waals surface area (Å²) in [5, 5.41) is 2.68. The lowest BCUT2D eigenvalue weighted by atomic mass is 10.0. The Labute approximate surface area is 129 Å². The zero-order chi connectivity index (χ0) is 15.5. The Hall–Kier alpha value is -2.62. The molecule has 0 bridgehead atoms. The zero-order valence-corrected chi connectivity index (χ0v) is 12.5. The van der Waals surface area contributed by atoms with Crippen molar-refractivity contribution in [3.63, 3.8) is 0 Å². The summed E-state index contributed by atoms with van der Waals surface area (Å²) >= 11 is 0. The summed E-state index contributed by atoms with van der Waals surface area (Å²) < 4.78 is 0. The Kier molecular flexibility index (Phi) is 3.92. The zero-order valence-electron chi connectivity index (χ0n) is 12.5. The Morgan fingerprint density at radius 1 is 1.09 bits per heavy atom. The number of aryl methyl sites for hydroxylation is 2. The number of rotatable bonds is 1. The van der Waals surface area contributed by atoms with E-state index in [1.54, 1.807) is 11.0 Å². The molecule has 4 nitrogen and oxygen atoms in total. The molecule has 0 saturated heterocycles. The number of fused-ring (bicyclic) bond motifs is 1. The van der Waals surface area contributed by atoms with E-state index in [0.29, 0.717) is 12.2 Å². The fourth-order valence-corrected chi connectivity index (χ4v) is 2.77. The van der Waals surface area contributed by atoms with Crippen molar-refractivity contribution in [1.82, 2.24) is 0 Å². The number of amides is 2. The van der Waals surface area contributed by atoms with E-state index in [4.69, 9.17) is 0 Å². The third-order valence-electron chi connectivity index (χ3n) is 3.83. The highest BCUT2D eigenvalue weighted by molar-refractivity contribution is 6.44. The number of nitrogens with one attached hydrogen (secondary N) is 1. The molecule has 112 valence electrons. The summed E-state index contributed by atoms with van der Waals surface area (Å²) in [4.78, 5) is 26.3. The second-order valence-electron chi connectivity index (χ2n) is 5.51. The van der Waals surface area contributed by atoms with E-state index in [-0.39, 0.29) is 0 Å². The van der Waals surface area contributed by atoms with Gasteiger partial charge in [-0.05, 0) is 49.1 Å². The van der Waals surface area contributed by atoms with Gasteiger partial charge in [0.1, 0.15) is 0 Å². The number of carbonyl (C=O) groups excluding carboxylic acids is 2. The van der Waals surface area contributed by atoms with Gasteiger partial charge < -0.3 is 10.2 Å². The molecule has 1 aliphatic rings. The lowest BCUT2D eigenvalue weighted by Gasteiger charge is -2.28. The van der Waals surface area contributed by atoms with Gasteiger partial charge in [0, 0.05) is 17.9 Å². The Morgan fingerprint density at radius 3 is 2.73 bits per heavy atom. The first kappa shape index (κ1) is 14.3. The van der Waals surface area contributed by atoms with Crippen LogP contribution in [0.1, 0.15) is 17.5 Å². The van der Waals surface area contributed by atoms with E-state index in [1.165, 1.54) is 0 Å². The molecule has 0 fully saturated rings. The third kappa shape index (κ3) is 2.86. The fraction of sp³-hybridized carbons (Fsp3) is 0.222. The van der Waals surface area contributed by atoms with Crippen LogP contribution in [0.5, 0.6) is 0 Å². The number of carbonyl (C=O) groups is 2. The topological polar surface area (TPSA) is 49.4 Å². The predicted molar refractivity (Wildman–Crippen MR) is 86.9 cm³/mol. The molecule has 1 aliphatic heterocycles. The molecular formula is C18H18N2O2. The molecule has 0 spiro atoms. The van der Waals surface area contributed by atoms with Gasteiger partial charge in [0.25, 0.3) is 0 Å². The van der Waals surface area contributed by atoms with Crippen molar-refractivity contribution in [3.05, 3.63) is 59.7 Å². The van der Waals surface area contributed by atoms with Crippen LogP contribution in [0.4, 0.5) is 11.4 Å². The van der Waals surface area contributed by atoms with E-state index in [9.17, 15) is 9.59 Å². The summed E-state index contributed by atoms with van der Waals surface area (Å²) in [7, 11) is 0. The Balaban J connectivity index is 1.78. The van der Waals surface area contributed by atoms with Gasteiger partial charge in [0.2, 0.25) is 0 Å². The van der Waals surface area contributed by atoms with Crippen LogP contribution < -0.4 is 10.2 Å². The molecule has 4 heteroatoms. The van der Waals surface area contributed by atoms with E-state index in [1.807, 2.05) is 49.4 Å². The number of hydrogen-bond acceptors (Lipinski definition) is 2. The van der Waals surface area contributed by atoms with Crippen molar-refractivity contribution in [1.29, 1.82) is 0 Å². The van der Waals surface area contributed by atoms with Crippen LogP contribution in [0.2, 0.25) is 0 Å². The highest BCUT2D eigenvalue weighted by Gasteiger charge is 2.27. The van der Waals surface area contributed by atoms with Crippen LogP contribution in [0, 0.1) is 6.92 Å². The minimum Gasteiger partial charge on any atom is -0.318 e. The van der Waals surface area contributed by atoms with E-state index < -0.39 is 11.8 Å². The van der Waals surface area contributed by atoms with Crippen molar-refractivity contribution >= 4 is 23.2 Å². The van der Waals surface area contributed by atoms with Gasteiger partial charge in [0.15, 0.2) is 0 Å². The molecule has 0 aromatic heterocycles. The maximum Gasteiger partial charge on any atom is 0.316 e. The van der Waals surface area contributed by atoms with Crippen molar-refractivity contribution in [2.45, 2.75) is 19.8 Å². The van der Waals surface area contributed by atoms with Crippen LogP contribution in [-0.4, -0.2) is 18.4 Å². The van der Waals surface area contributed by atoms with Crippen molar-refractivity contribution in [2.24, 2.45) is 0 Å². The minimum absolute atomic E-state index is 0.506. The molecule has 0 aliphatic carbocycles. The third-order valence-corrected chi connectivity index (χ3v) is 3.83. The lowest BCUT2D eigenvalue weighted by Crippen LogP contribution is -2.42. The van der Waals surface area contributed by atoms with Gasteiger partial charge >= 0.3 is 11.8 Å². The van der Waals surface area contributed by atoms with Gasteiger partial charge in [-0.2, -0.15) is 0 Å². The Morgan fingerprint density at radius 2 is 1.91 bits per heavy atom. The lowest BCUT2D eigenvalue weighted by molar-refractivity contribution is -0.134. The average Bonchev–Trinajstić information content (AvgIpc) is 2.53. The summed E-state index contributed by atoms with van der Waals surface area (Å²) in [6.45, 7) is 2.52. The van der Waals surface area contributed by atoms with Crippen molar-refractivity contribution < 1.29 is 9.59 Å². The summed E-state index contributed by atoms with van der Waals surface area (Å²) in [5.41, 5.74) is 3.64. The molecule has 0 atom stereocenters. The fourth-order valence-electron chi connectivity index (χ4n) is 2.77. The van der Waals surface area contributed by atoms with Crippen molar-refractivity contribution in [2.75, 3.05) is 16.8 Å². The molecule has 2 amide bonds. The van der Waals surface area contributed by atoms with Crippen LogP contribution in [0.15, 0.2) is 48.5 Å². The second-order valence-corrected chi connectivity index (χ2v) is 5.51. The van der Waals surface area contributed by atoms with Gasteiger partial charge in [-0.15, -0.1) is 0 Å². The first-order valence-electron chi connectivity index (χ1n) is 7.42. The SMILES string of the molecule is Cc1cccc(NC(=O)C(=O)N2CCCc3ccccc32)c1. The van der Waals surface area contributed by atoms with Crippen molar-refractivity contribution in [3.8, 4) is 0 Å². The molecule has 3 rings (SSSR count). The summed E-state index contributed by atoms with van der Waals surface area (Å²) in [5.74, 6) is -1.10. The van der Waals surface area contributed by atoms with E-state index in [2.05, 4.69) is 5.32 Å². The van der Waals surface area contributed by atoms with Gasteiger partial charge in [-0.25, -0.2) is 0 Å². The number of hydrogen-bond donors (Lipinski definition) is 1. The molecule has 2 aromatic rings. The number of para-hydroxylation sites is 1. The number of benzene rings is 2. The van der Waals surface area contributed by atoms with Gasteiger partial charge in [-0.1, -0.05) is 30.3 Å². The highest BCUT2D eigenvalue weighted by Crippen LogP contribution is 2.26. The number of anilines is 2. The molecular weight excluding hydrogens is 276 g/mol. The molecule has 1 N–H and O–H groups in total. The summed E-state index contributed by atoms with van der Waals surface area (Å²) in [6, 6.07) is 15.2. The van der Waals surface area contributed by atoms with Crippen LogP contribution in [0.3, 0.4) is 0 Å². The number of nitrogens with zero attached hydrogens (tertiary/aromatic N) is 1. The smallest absolute Gasteiger partial charge is 0.316 e. The first-order chi connectivity index (χ1) is 10.6. The van der Waals surface area contributed by atoms with Gasteiger partial charge in [-0.3, -0.25) is 9.59 Å². The standard InChI is InChI=1S/C18H18N2O2/c1-13-6-4-9-15(12-13)19-17(21)18(22)20-11-5-8-14-7-2-3-10-16(14)20/h2-4,6-7,9-10,12H,5,8,11H2,1H3,(H,19,21). The molecule has 0 unspecified atom stereocenters. The second kappa shape index (κ2) is 6.02. The highest BCUT2D eigenvalue weighted by atomic mass is 16.2. The van der Waals surface area contributed by atoms with Gasteiger partial charge in [0.05, 0.1) is 0 Å². The van der Waals surface area contributed by atoms with E-state index >= 15 is 0 Å². The molecule has 0 saturated carbocycles. The normalized spacial score (nSPS) is 13.4. The summed E-state index contributed by atoms with van der Waals surface area (Å²) in [6.07, 6.45) is 1.82. The average molecular weight is 294 g/mol. The maximum atomic E-state index is 12.5.